The highest BCUT2D eigenvalue weighted by atomic mass is 79.9. The molecule has 7 heteroatoms. The van der Waals surface area contributed by atoms with Gasteiger partial charge in [0.1, 0.15) is 23.1 Å². The summed E-state index contributed by atoms with van der Waals surface area (Å²) in [6.07, 6.45) is 0.689. The van der Waals surface area contributed by atoms with Crippen LogP contribution in [0.1, 0.15) is 12.7 Å². The number of nitrogens with two attached hydrogens (primary N) is 1. The lowest BCUT2D eigenvalue weighted by atomic mass is 10.3. The van der Waals surface area contributed by atoms with Crippen LogP contribution in [0.2, 0.25) is 0 Å². The lowest BCUT2D eigenvalue weighted by molar-refractivity contribution is 0.408. The molecule has 0 atom stereocenters. The summed E-state index contributed by atoms with van der Waals surface area (Å²) in [6.45, 7) is 1.96. The molecular formula is C13H13Br2N3O2. The summed E-state index contributed by atoms with van der Waals surface area (Å²) in [5, 5.41) is 0. The van der Waals surface area contributed by atoms with Gasteiger partial charge in [0.25, 0.3) is 0 Å². The molecule has 0 aliphatic carbocycles. The predicted octanol–water partition coefficient (Wildman–Crippen LogP) is 3.95. The second kappa shape index (κ2) is 6.41. The number of nitrogens with zero attached hydrogens (tertiary/aromatic N) is 2. The van der Waals surface area contributed by atoms with E-state index in [1.807, 2.05) is 13.0 Å². The second-order valence-electron chi connectivity index (χ2n) is 3.92. The van der Waals surface area contributed by atoms with Crippen LogP contribution in [-0.4, -0.2) is 17.1 Å². The zero-order valence-electron chi connectivity index (χ0n) is 11.0. The number of hydrogen-bond donors (Lipinski definition) is 1. The molecule has 0 unspecified atom stereocenters. The molecule has 2 rings (SSSR count). The van der Waals surface area contributed by atoms with Crippen LogP contribution in [-0.2, 0) is 6.42 Å². The average Bonchev–Trinajstić information content (AvgIpc) is 2.41. The van der Waals surface area contributed by atoms with E-state index in [4.69, 9.17) is 15.2 Å². The zero-order chi connectivity index (χ0) is 14.7. The van der Waals surface area contributed by atoms with E-state index in [0.29, 0.717) is 35.4 Å². The van der Waals surface area contributed by atoms with Crippen molar-refractivity contribution >= 4 is 37.7 Å². The highest BCUT2D eigenvalue weighted by Gasteiger charge is 2.11. The Kier molecular flexibility index (Phi) is 4.82. The van der Waals surface area contributed by atoms with E-state index in [9.17, 15) is 0 Å². The molecule has 20 heavy (non-hydrogen) atoms. The molecule has 0 bridgehead atoms. The van der Waals surface area contributed by atoms with Crippen LogP contribution in [0.3, 0.4) is 0 Å². The topological polar surface area (TPSA) is 70.3 Å². The normalized spacial score (nSPS) is 10.4. The minimum Gasteiger partial charge on any atom is -0.496 e. The molecule has 2 N–H and O–H groups in total. The smallest absolute Gasteiger partial charge is 0.224 e. The number of methoxy groups -OCH3 is 1. The Balaban J connectivity index is 2.35. The van der Waals surface area contributed by atoms with Crippen LogP contribution in [0.15, 0.2) is 27.1 Å². The van der Waals surface area contributed by atoms with Crippen molar-refractivity contribution in [1.29, 1.82) is 0 Å². The van der Waals surface area contributed by atoms with Gasteiger partial charge in [-0.05, 0) is 44.0 Å². The summed E-state index contributed by atoms with van der Waals surface area (Å²) in [7, 11) is 1.60. The van der Waals surface area contributed by atoms with E-state index in [1.54, 1.807) is 19.2 Å². The van der Waals surface area contributed by atoms with Crippen molar-refractivity contribution < 1.29 is 9.47 Å². The van der Waals surface area contributed by atoms with E-state index in [1.165, 1.54) is 0 Å². The largest absolute Gasteiger partial charge is 0.496 e. The molecule has 1 aromatic carbocycles. The fourth-order valence-corrected chi connectivity index (χ4v) is 2.45. The minimum absolute atomic E-state index is 0.385. The molecule has 0 spiro atoms. The van der Waals surface area contributed by atoms with E-state index < -0.39 is 0 Å². The van der Waals surface area contributed by atoms with Gasteiger partial charge in [0.2, 0.25) is 5.88 Å². The maximum atomic E-state index is 5.75. The zero-order valence-corrected chi connectivity index (χ0v) is 14.2. The molecular weight excluding hydrogens is 390 g/mol. The Morgan fingerprint density at radius 3 is 2.40 bits per heavy atom. The summed E-state index contributed by atoms with van der Waals surface area (Å²) in [5.74, 6) is 2.75. The monoisotopic (exact) mass is 401 g/mol. The van der Waals surface area contributed by atoms with Crippen molar-refractivity contribution in [3.8, 4) is 17.4 Å². The van der Waals surface area contributed by atoms with E-state index in [0.717, 1.165) is 8.95 Å². The van der Waals surface area contributed by atoms with Crippen molar-refractivity contribution in [2.45, 2.75) is 13.3 Å². The molecule has 0 aliphatic heterocycles. The molecule has 0 aliphatic rings. The Morgan fingerprint density at radius 2 is 1.75 bits per heavy atom. The van der Waals surface area contributed by atoms with Gasteiger partial charge in [0, 0.05) is 12.5 Å². The third kappa shape index (κ3) is 3.40. The third-order valence-corrected chi connectivity index (χ3v) is 3.75. The van der Waals surface area contributed by atoms with Crippen LogP contribution >= 0.6 is 31.9 Å². The lowest BCUT2D eigenvalue weighted by Crippen LogP contribution is -2.00. The fraction of sp³-hybridized carbons (Fsp3) is 0.231. The second-order valence-corrected chi connectivity index (χ2v) is 5.63. The van der Waals surface area contributed by atoms with E-state index in [2.05, 4.69) is 41.8 Å². The highest BCUT2D eigenvalue weighted by molar-refractivity contribution is 9.11. The fourth-order valence-electron chi connectivity index (χ4n) is 1.56. The van der Waals surface area contributed by atoms with Crippen molar-refractivity contribution in [2.24, 2.45) is 0 Å². The van der Waals surface area contributed by atoms with Gasteiger partial charge in [-0.3, -0.25) is 0 Å². The van der Waals surface area contributed by atoms with Gasteiger partial charge < -0.3 is 15.2 Å². The Bertz CT molecular complexity index is 635. The van der Waals surface area contributed by atoms with Crippen LogP contribution in [0.4, 0.5) is 5.82 Å². The third-order valence-electron chi connectivity index (χ3n) is 2.51. The van der Waals surface area contributed by atoms with Gasteiger partial charge in [0.05, 0.1) is 16.1 Å². The maximum absolute atomic E-state index is 5.75. The number of halogens is 2. The lowest BCUT2D eigenvalue weighted by Gasteiger charge is -2.11. The number of hydrogen-bond acceptors (Lipinski definition) is 5. The highest BCUT2D eigenvalue weighted by Crippen LogP contribution is 2.37. The number of aromatic nitrogens is 2. The van der Waals surface area contributed by atoms with Crippen molar-refractivity contribution in [3.05, 3.63) is 33.0 Å². The van der Waals surface area contributed by atoms with Gasteiger partial charge in [0.15, 0.2) is 0 Å². The molecule has 0 saturated carbocycles. The number of aryl methyl sites for hydroxylation is 1. The number of nitrogen functional groups attached to an aromatic ring is 1. The summed E-state index contributed by atoms with van der Waals surface area (Å²) >= 11 is 6.85. The minimum atomic E-state index is 0.385. The molecule has 1 heterocycles. The first-order chi connectivity index (χ1) is 9.53. The first-order valence-corrected chi connectivity index (χ1v) is 7.46. The summed E-state index contributed by atoms with van der Waals surface area (Å²) in [6, 6.07) is 5.20. The molecule has 2 aromatic rings. The van der Waals surface area contributed by atoms with Crippen LogP contribution in [0.5, 0.6) is 17.4 Å². The van der Waals surface area contributed by atoms with Gasteiger partial charge in [-0.25, -0.2) is 4.98 Å². The van der Waals surface area contributed by atoms with E-state index in [-0.39, 0.29) is 0 Å². The summed E-state index contributed by atoms with van der Waals surface area (Å²) in [4.78, 5) is 8.39. The van der Waals surface area contributed by atoms with E-state index >= 15 is 0 Å². The molecule has 0 fully saturated rings. The SMILES string of the molecule is CCc1nc(N)cc(Oc2cc(Br)c(OC)cc2Br)n1. The molecule has 106 valence electrons. The first-order valence-electron chi connectivity index (χ1n) is 5.87. The number of benzene rings is 1. The van der Waals surface area contributed by atoms with Gasteiger partial charge in [-0.1, -0.05) is 6.92 Å². The van der Waals surface area contributed by atoms with Gasteiger partial charge in [-0.2, -0.15) is 4.98 Å². The standard InChI is InChI=1S/C13H13Br2N3O2/c1-3-12-17-11(16)6-13(18-12)20-10-5-7(14)9(19-2)4-8(10)15/h4-6H,3H2,1-2H3,(H2,16,17,18). The maximum Gasteiger partial charge on any atom is 0.224 e. The van der Waals surface area contributed by atoms with Gasteiger partial charge in [-0.15, -0.1) is 0 Å². The van der Waals surface area contributed by atoms with Crippen molar-refractivity contribution in [1.82, 2.24) is 9.97 Å². The molecule has 5 nitrogen and oxygen atoms in total. The predicted molar refractivity (Wildman–Crippen MR) is 84.3 cm³/mol. The van der Waals surface area contributed by atoms with Crippen LogP contribution < -0.4 is 15.2 Å². The van der Waals surface area contributed by atoms with Crippen molar-refractivity contribution in [3.63, 3.8) is 0 Å². The Hall–Kier alpha value is -1.34. The number of rotatable bonds is 4. The molecule has 0 amide bonds. The van der Waals surface area contributed by atoms with Crippen LogP contribution in [0, 0.1) is 0 Å². The molecule has 0 radical (unpaired) electrons. The molecule has 1 aromatic heterocycles. The van der Waals surface area contributed by atoms with Crippen LogP contribution in [0.25, 0.3) is 0 Å². The molecule has 0 saturated heterocycles. The Morgan fingerprint density at radius 1 is 1.10 bits per heavy atom. The number of anilines is 1. The quantitative estimate of drug-likeness (QED) is 0.838. The summed E-state index contributed by atoms with van der Waals surface area (Å²) in [5.41, 5.74) is 5.73. The average molecular weight is 403 g/mol. The van der Waals surface area contributed by atoms with Gasteiger partial charge >= 0.3 is 0 Å². The van der Waals surface area contributed by atoms with Crippen molar-refractivity contribution in [2.75, 3.05) is 12.8 Å². The Labute approximate surface area is 133 Å². The number of ether oxygens (including phenoxy) is 2. The first kappa shape index (κ1) is 15.1. The summed E-state index contributed by atoms with van der Waals surface area (Å²) < 4.78 is 12.5.